The molecular formula is C27H38N4O6. The van der Waals surface area contributed by atoms with E-state index < -0.39 is 35.4 Å². The van der Waals surface area contributed by atoms with Gasteiger partial charge in [0.05, 0.1) is 24.6 Å². The monoisotopic (exact) mass is 514 g/mol. The van der Waals surface area contributed by atoms with Gasteiger partial charge in [0.1, 0.15) is 11.6 Å². The lowest BCUT2D eigenvalue weighted by molar-refractivity contribution is -0.145. The number of ether oxygens (including phenoxy) is 2. The predicted molar refractivity (Wildman–Crippen MR) is 135 cm³/mol. The van der Waals surface area contributed by atoms with E-state index in [4.69, 9.17) is 9.47 Å². The van der Waals surface area contributed by atoms with Crippen LogP contribution < -0.4 is 14.8 Å². The minimum Gasteiger partial charge on any atom is -0.479 e. The average molecular weight is 515 g/mol. The van der Waals surface area contributed by atoms with Gasteiger partial charge < -0.3 is 24.8 Å². The number of aliphatic carboxylic acids is 1. The van der Waals surface area contributed by atoms with Crippen molar-refractivity contribution < 1.29 is 29.0 Å². The van der Waals surface area contributed by atoms with E-state index in [2.05, 4.69) is 15.3 Å². The Morgan fingerprint density at radius 2 is 1.92 bits per heavy atom. The highest BCUT2D eigenvalue weighted by Crippen LogP contribution is 2.46. The second kappa shape index (κ2) is 10.3. The van der Waals surface area contributed by atoms with Crippen LogP contribution in [0.4, 0.5) is 0 Å². The van der Waals surface area contributed by atoms with E-state index in [1.807, 2.05) is 32.9 Å². The quantitative estimate of drug-likeness (QED) is 0.587. The van der Waals surface area contributed by atoms with E-state index in [0.717, 1.165) is 25.0 Å². The maximum atomic E-state index is 13.5. The number of nitrogens with zero attached hydrogens (tertiary/aromatic N) is 3. The summed E-state index contributed by atoms with van der Waals surface area (Å²) < 4.78 is 11.5. The number of hydrogen-bond donors (Lipinski definition) is 2. The van der Waals surface area contributed by atoms with Gasteiger partial charge in [0, 0.05) is 31.0 Å². The second-order valence-corrected chi connectivity index (χ2v) is 11.5. The number of rotatable bonds is 4. The fraction of sp³-hybridized carbons (Fsp3) is 0.667. The molecule has 0 bridgehead atoms. The molecule has 1 aliphatic heterocycles. The van der Waals surface area contributed by atoms with Gasteiger partial charge in [-0.15, -0.1) is 0 Å². The molecule has 0 spiro atoms. The van der Waals surface area contributed by atoms with Crippen molar-refractivity contribution >= 4 is 17.8 Å². The maximum Gasteiger partial charge on any atom is 0.330 e. The fourth-order valence-corrected chi connectivity index (χ4v) is 5.30. The lowest BCUT2D eigenvalue weighted by Gasteiger charge is -2.26. The molecule has 2 N–H and O–H groups in total. The SMILES string of the molecule is COc1nc(O[C@@H]2C[C@H]3C(=O)N[C@]4(C(=O)O)C[C@H]4C=CCCCCN(C)C(=O)[C@@H]3C2)cc(C(C)(C)C)n1. The standard InChI is InChI=1S/C27H38N4O6/c1-26(2,3)20-14-21(29-25(28-20)36-5)37-17-12-18-19(13-17)23(33)31(4)11-9-7-6-8-10-16-15-27(16,24(34)35)30-22(18)32/h8,10,14,16-19H,6-7,9,11-13,15H2,1-5H3,(H,30,32)(H,34,35)/t16-,17-,18-,19-,27-/m1/s1. The zero-order valence-electron chi connectivity index (χ0n) is 22.3. The summed E-state index contributed by atoms with van der Waals surface area (Å²) >= 11 is 0. The topological polar surface area (TPSA) is 131 Å². The molecule has 202 valence electrons. The van der Waals surface area contributed by atoms with Gasteiger partial charge in [0.25, 0.3) is 0 Å². The van der Waals surface area contributed by atoms with Crippen molar-refractivity contribution in [1.82, 2.24) is 20.2 Å². The number of nitrogens with one attached hydrogen (secondary N) is 1. The zero-order valence-corrected chi connectivity index (χ0v) is 22.3. The van der Waals surface area contributed by atoms with Crippen LogP contribution in [0.1, 0.15) is 65.0 Å². The molecule has 2 heterocycles. The van der Waals surface area contributed by atoms with E-state index in [1.54, 1.807) is 18.0 Å². The summed E-state index contributed by atoms with van der Waals surface area (Å²) in [5.74, 6) is -2.81. The van der Waals surface area contributed by atoms with Crippen molar-refractivity contribution in [2.45, 2.75) is 76.4 Å². The second-order valence-electron chi connectivity index (χ2n) is 11.5. The first kappa shape index (κ1) is 26.9. The van der Waals surface area contributed by atoms with E-state index in [0.29, 0.717) is 25.3 Å². The van der Waals surface area contributed by atoms with Gasteiger partial charge in [-0.25, -0.2) is 4.79 Å². The first-order valence-electron chi connectivity index (χ1n) is 13.0. The minimum atomic E-state index is -1.31. The third-order valence-electron chi connectivity index (χ3n) is 7.70. The number of carbonyl (C=O) groups excluding carboxylic acids is 2. The highest BCUT2D eigenvalue weighted by molar-refractivity contribution is 5.94. The maximum absolute atomic E-state index is 13.5. The molecule has 4 rings (SSSR count). The van der Waals surface area contributed by atoms with Gasteiger partial charge in [0.2, 0.25) is 17.7 Å². The Labute approximate surface area is 217 Å². The normalized spacial score (nSPS) is 30.6. The Morgan fingerprint density at radius 3 is 2.59 bits per heavy atom. The van der Waals surface area contributed by atoms with E-state index in [1.165, 1.54) is 7.11 Å². The van der Waals surface area contributed by atoms with Gasteiger partial charge in [0.15, 0.2) is 0 Å². The number of fused-ring (bicyclic) bond motifs is 2. The molecule has 0 radical (unpaired) electrons. The average Bonchev–Trinajstić information content (AvgIpc) is 3.38. The number of allylic oxidation sites excluding steroid dienone is 1. The molecule has 3 aliphatic rings. The lowest BCUT2D eigenvalue weighted by Crippen LogP contribution is -2.49. The van der Waals surface area contributed by atoms with Gasteiger partial charge in [-0.3, -0.25) is 9.59 Å². The van der Waals surface area contributed by atoms with Crippen molar-refractivity contribution in [1.29, 1.82) is 0 Å². The Bertz CT molecular complexity index is 1080. The predicted octanol–water partition coefficient (Wildman–Crippen LogP) is 2.71. The summed E-state index contributed by atoms with van der Waals surface area (Å²) in [5.41, 5.74) is -0.828. The van der Waals surface area contributed by atoms with E-state index >= 15 is 0 Å². The first-order chi connectivity index (χ1) is 17.4. The molecule has 0 aromatic carbocycles. The van der Waals surface area contributed by atoms with Crippen molar-refractivity contribution in [2.75, 3.05) is 20.7 Å². The summed E-state index contributed by atoms with van der Waals surface area (Å²) in [6.07, 6.45) is 6.96. The fourth-order valence-electron chi connectivity index (χ4n) is 5.30. The number of methoxy groups -OCH3 is 1. The number of amides is 2. The van der Waals surface area contributed by atoms with Crippen LogP contribution in [0, 0.1) is 17.8 Å². The van der Waals surface area contributed by atoms with Crippen LogP contribution in [-0.2, 0) is 19.8 Å². The van der Waals surface area contributed by atoms with E-state index in [-0.39, 0.29) is 29.7 Å². The summed E-state index contributed by atoms with van der Waals surface area (Å²) in [5, 5.41) is 12.7. The largest absolute Gasteiger partial charge is 0.479 e. The summed E-state index contributed by atoms with van der Waals surface area (Å²) in [6, 6.07) is 1.94. The number of carbonyl (C=O) groups is 3. The molecule has 37 heavy (non-hydrogen) atoms. The van der Waals surface area contributed by atoms with Crippen LogP contribution in [0.15, 0.2) is 18.2 Å². The molecule has 5 atom stereocenters. The Kier molecular flexibility index (Phi) is 7.48. The van der Waals surface area contributed by atoms with Crippen molar-refractivity contribution in [3.8, 4) is 11.9 Å². The van der Waals surface area contributed by atoms with Crippen molar-refractivity contribution in [2.24, 2.45) is 17.8 Å². The number of hydrogen-bond acceptors (Lipinski definition) is 7. The third-order valence-corrected chi connectivity index (χ3v) is 7.70. The Hall–Kier alpha value is -3.17. The highest BCUT2D eigenvalue weighted by Gasteiger charge is 2.61. The Morgan fingerprint density at radius 1 is 1.19 bits per heavy atom. The van der Waals surface area contributed by atoms with Crippen LogP contribution in [0.25, 0.3) is 0 Å². The van der Waals surface area contributed by atoms with Crippen LogP contribution in [0.2, 0.25) is 0 Å². The highest BCUT2D eigenvalue weighted by atomic mass is 16.5. The molecule has 0 saturated heterocycles. The van der Waals surface area contributed by atoms with Gasteiger partial charge in [-0.1, -0.05) is 32.9 Å². The van der Waals surface area contributed by atoms with Crippen LogP contribution in [-0.4, -0.2) is 70.1 Å². The molecule has 10 nitrogen and oxygen atoms in total. The Balaban J connectivity index is 1.59. The molecule has 2 aliphatic carbocycles. The smallest absolute Gasteiger partial charge is 0.330 e. The molecule has 10 heteroatoms. The zero-order chi connectivity index (χ0) is 27.0. The molecule has 0 unspecified atom stereocenters. The molecule has 2 fully saturated rings. The van der Waals surface area contributed by atoms with Gasteiger partial charge >= 0.3 is 12.0 Å². The number of carboxylic acids is 1. The molecule has 2 amide bonds. The summed E-state index contributed by atoms with van der Waals surface area (Å²) in [4.78, 5) is 49.5. The van der Waals surface area contributed by atoms with Crippen molar-refractivity contribution in [3.63, 3.8) is 0 Å². The molecule has 2 saturated carbocycles. The summed E-state index contributed by atoms with van der Waals surface area (Å²) in [7, 11) is 3.25. The minimum absolute atomic E-state index is 0.119. The molecular weight excluding hydrogens is 476 g/mol. The van der Waals surface area contributed by atoms with Crippen molar-refractivity contribution in [3.05, 3.63) is 23.9 Å². The van der Waals surface area contributed by atoms with E-state index in [9.17, 15) is 19.5 Å². The van der Waals surface area contributed by atoms with Crippen LogP contribution >= 0.6 is 0 Å². The third kappa shape index (κ3) is 5.72. The lowest BCUT2D eigenvalue weighted by atomic mass is 9.92. The van der Waals surface area contributed by atoms with Gasteiger partial charge in [-0.05, 0) is 38.5 Å². The number of aromatic nitrogens is 2. The summed E-state index contributed by atoms with van der Waals surface area (Å²) in [6.45, 7) is 6.67. The number of carboxylic acid groups (broad SMARTS) is 1. The molecule has 1 aromatic rings. The first-order valence-corrected chi connectivity index (χ1v) is 13.0. The van der Waals surface area contributed by atoms with Crippen LogP contribution in [0.3, 0.4) is 0 Å². The molecule has 1 aromatic heterocycles. The van der Waals surface area contributed by atoms with Gasteiger partial charge in [-0.2, -0.15) is 9.97 Å². The van der Waals surface area contributed by atoms with Crippen LogP contribution in [0.5, 0.6) is 11.9 Å².